The Morgan fingerprint density at radius 1 is 1.29 bits per heavy atom. The predicted octanol–water partition coefficient (Wildman–Crippen LogP) is 4.37. The van der Waals surface area contributed by atoms with E-state index in [-0.39, 0.29) is 17.9 Å². The van der Waals surface area contributed by atoms with Gasteiger partial charge in [-0.2, -0.15) is 10.4 Å². The van der Waals surface area contributed by atoms with E-state index in [0.29, 0.717) is 23.5 Å². The molecule has 6 heteroatoms. The zero-order valence-electron chi connectivity index (χ0n) is 17.6. The van der Waals surface area contributed by atoms with Crippen molar-refractivity contribution in [3.05, 3.63) is 70.3 Å². The molecule has 0 saturated carbocycles. The van der Waals surface area contributed by atoms with Crippen molar-refractivity contribution in [3.63, 3.8) is 0 Å². The van der Waals surface area contributed by atoms with E-state index in [4.69, 9.17) is 14.6 Å². The summed E-state index contributed by atoms with van der Waals surface area (Å²) in [5.41, 5.74) is 6.35. The molecule has 156 valence electrons. The van der Waals surface area contributed by atoms with Gasteiger partial charge in [-0.05, 0) is 73.7 Å². The summed E-state index contributed by atoms with van der Waals surface area (Å²) < 4.78 is 11.0. The van der Waals surface area contributed by atoms with Crippen molar-refractivity contribution in [2.75, 3.05) is 18.7 Å². The Morgan fingerprint density at radius 2 is 2.16 bits per heavy atom. The monoisotopic (exact) mass is 413 g/mol. The van der Waals surface area contributed by atoms with Crippen molar-refractivity contribution >= 4 is 17.4 Å². The molecule has 2 aromatic carbocycles. The smallest absolute Gasteiger partial charge is 0.337 e. The van der Waals surface area contributed by atoms with E-state index in [0.717, 1.165) is 41.8 Å². The van der Waals surface area contributed by atoms with E-state index in [9.17, 15) is 10.1 Å². The standard InChI is InChI=1S/C25H23N3O3/c1-15-11-19(9-7-18(15)13-26)28-24(16-5-3-4-6-16)21-14-31-22-12-17(25(29)30-2)8-10-20(22)23(21)27-28/h5,7-12,21,24H,3-4,6,14H2,1-2H3. The van der Waals surface area contributed by atoms with E-state index in [2.05, 4.69) is 17.2 Å². The van der Waals surface area contributed by atoms with Gasteiger partial charge in [-0.3, -0.25) is 5.01 Å². The summed E-state index contributed by atoms with van der Waals surface area (Å²) in [6, 6.07) is 13.6. The molecule has 0 spiro atoms. The summed E-state index contributed by atoms with van der Waals surface area (Å²) in [5, 5.41) is 16.5. The summed E-state index contributed by atoms with van der Waals surface area (Å²) in [5.74, 6) is 0.386. The summed E-state index contributed by atoms with van der Waals surface area (Å²) in [4.78, 5) is 11.9. The SMILES string of the molecule is COC(=O)c1ccc2c(c1)OCC1C2=NN(c2ccc(C#N)c(C)c2)C1C1=CCCC1. The van der Waals surface area contributed by atoms with Crippen LogP contribution in [0.4, 0.5) is 5.69 Å². The van der Waals surface area contributed by atoms with Gasteiger partial charge in [0.05, 0.1) is 54.3 Å². The fourth-order valence-electron chi connectivity index (χ4n) is 4.79. The van der Waals surface area contributed by atoms with Gasteiger partial charge >= 0.3 is 5.97 Å². The lowest BCUT2D eigenvalue weighted by molar-refractivity contribution is 0.0600. The molecule has 0 N–H and O–H groups in total. The van der Waals surface area contributed by atoms with Crippen LogP contribution >= 0.6 is 0 Å². The maximum absolute atomic E-state index is 11.9. The second-order valence-electron chi connectivity index (χ2n) is 8.18. The molecule has 0 aromatic heterocycles. The number of nitrogens with zero attached hydrogens (tertiary/aromatic N) is 3. The lowest BCUT2D eigenvalue weighted by Crippen LogP contribution is -2.40. The zero-order chi connectivity index (χ0) is 21.5. The molecule has 2 unspecified atom stereocenters. The highest BCUT2D eigenvalue weighted by Crippen LogP contribution is 2.42. The Hall–Kier alpha value is -3.59. The van der Waals surface area contributed by atoms with Crippen molar-refractivity contribution in [2.24, 2.45) is 11.0 Å². The fourth-order valence-corrected chi connectivity index (χ4v) is 4.79. The fraction of sp³-hybridized carbons (Fsp3) is 0.320. The Bertz CT molecular complexity index is 1180. The van der Waals surface area contributed by atoms with E-state index >= 15 is 0 Å². The molecule has 31 heavy (non-hydrogen) atoms. The van der Waals surface area contributed by atoms with E-state index < -0.39 is 0 Å². The van der Waals surface area contributed by atoms with Crippen molar-refractivity contribution in [1.29, 1.82) is 5.26 Å². The highest BCUT2D eigenvalue weighted by atomic mass is 16.5. The summed E-state index contributed by atoms with van der Waals surface area (Å²) >= 11 is 0. The molecule has 2 aliphatic heterocycles. The number of benzene rings is 2. The van der Waals surface area contributed by atoms with Crippen LogP contribution in [0.25, 0.3) is 0 Å². The van der Waals surface area contributed by atoms with Crippen LogP contribution in [0.3, 0.4) is 0 Å². The number of rotatable bonds is 3. The van der Waals surface area contributed by atoms with Crippen LogP contribution in [-0.4, -0.2) is 31.4 Å². The molecule has 2 aromatic rings. The quantitative estimate of drug-likeness (QED) is 0.552. The number of allylic oxidation sites excluding steroid dienone is 1. The molecular formula is C25H23N3O3. The molecule has 2 atom stereocenters. The molecule has 0 amide bonds. The number of fused-ring (bicyclic) bond motifs is 3. The third-order valence-electron chi connectivity index (χ3n) is 6.36. The van der Waals surface area contributed by atoms with Crippen LogP contribution < -0.4 is 9.75 Å². The Balaban J connectivity index is 1.59. The normalized spacial score (nSPS) is 21.4. The Kier molecular flexibility index (Phi) is 4.74. The number of hydrogen-bond donors (Lipinski definition) is 0. The van der Waals surface area contributed by atoms with Gasteiger partial charge in [0.2, 0.25) is 0 Å². The maximum Gasteiger partial charge on any atom is 0.337 e. The van der Waals surface area contributed by atoms with Gasteiger partial charge in [-0.1, -0.05) is 6.08 Å². The van der Waals surface area contributed by atoms with Crippen LogP contribution in [0, 0.1) is 24.2 Å². The molecular weight excluding hydrogens is 390 g/mol. The second kappa shape index (κ2) is 7.59. The van der Waals surface area contributed by atoms with Crippen molar-refractivity contribution in [2.45, 2.75) is 32.2 Å². The number of carbonyl (C=O) groups is 1. The minimum Gasteiger partial charge on any atom is -0.492 e. The van der Waals surface area contributed by atoms with Crippen LogP contribution in [-0.2, 0) is 4.74 Å². The van der Waals surface area contributed by atoms with Crippen molar-refractivity contribution < 1.29 is 14.3 Å². The van der Waals surface area contributed by atoms with Gasteiger partial charge in [-0.15, -0.1) is 0 Å². The first kappa shape index (κ1) is 19.4. The summed E-state index contributed by atoms with van der Waals surface area (Å²) in [6.07, 6.45) is 5.65. The van der Waals surface area contributed by atoms with Crippen LogP contribution in [0.2, 0.25) is 0 Å². The number of ether oxygens (including phenoxy) is 2. The highest BCUT2D eigenvalue weighted by Gasteiger charge is 2.44. The minimum atomic E-state index is -0.384. The molecule has 0 radical (unpaired) electrons. The van der Waals surface area contributed by atoms with Crippen LogP contribution in [0.15, 0.2) is 53.1 Å². The average molecular weight is 413 g/mol. The lowest BCUT2D eigenvalue weighted by Gasteiger charge is -2.31. The number of anilines is 1. The van der Waals surface area contributed by atoms with E-state index in [1.165, 1.54) is 12.7 Å². The van der Waals surface area contributed by atoms with Gasteiger partial charge in [0.25, 0.3) is 0 Å². The number of hydrazone groups is 1. The highest BCUT2D eigenvalue weighted by molar-refractivity contribution is 6.09. The Labute approximate surface area is 181 Å². The van der Waals surface area contributed by atoms with Gasteiger partial charge in [0.1, 0.15) is 5.75 Å². The lowest BCUT2D eigenvalue weighted by atomic mass is 9.85. The number of hydrogen-bond acceptors (Lipinski definition) is 6. The number of methoxy groups -OCH3 is 1. The number of nitriles is 1. The molecule has 6 nitrogen and oxygen atoms in total. The zero-order valence-corrected chi connectivity index (χ0v) is 17.6. The third-order valence-corrected chi connectivity index (χ3v) is 6.36. The predicted molar refractivity (Wildman–Crippen MR) is 117 cm³/mol. The summed E-state index contributed by atoms with van der Waals surface area (Å²) in [7, 11) is 1.37. The van der Waals surface area contributed by atoms with Gasteiger partial charge in [0, 0.05) is 5.56 Å². The molecule has 0 bridgehead atoms. The summed E-state index contributed by atoms with van der Waals surface area (Å²) in [6.45, 7) is 2.46. The molecule has 0 saturated heterocycles. The molecule has 1 aliphatic carbocycles. The first-order valence-corrected chi connectivity index (χ1v) is 10.5. The molecule has 0 fully saturated rings. The molecule has 5 rings (SSSR count). The molecule has 2 heterocycles. The van der Waals surface area contributed by atoms with Crippen LogP contribution in [0.5, 0.6) is 5.75 Å². The van der Waals surface area contributed by atoms with Gasteiger partial charge < -0.3 is 9.47 Å². The minimum absolute atomic E-state index is 0.0956. The number of esters is 1. The average Bonchev–Trinajstić information content (AvgIpc) is 3.45. The van der Waals surface area contributed by atoms with Crippen molar-refractivity contribution in [3.8, 4) is 11.8 Å². The van der Waals surface area contributed by atoms with Gasteiger partial charge in [0.15, 0.2) is 0 Å². The van der Waals surface area contributed by atoms with Gasteiger partial charge in [-0.25, -0.2) is 4.79 Å². The van der Waals surface area contributed by atoms with E-state index in [1.54, 1.807) is 12.1 Å². The molecule has 3 aliphatic rings. The number of carbonyl (C=O) groups excluding carboxylic acids is 1. The topological polar surface area (TPSA) is 74.9 Å². The first-order chi connectivity index (χ1) is 15.1. The Morgan fingerprint density at radius 3 is 2.87 bits per heavy atom. The third kappa shape index (κ3) is 3.17. The van der Waals surface area contributed by atoms with Crippen molar-refractivity contribution in [1.82, 2.24) is 0 Å². The largest absolute Gasteiger partial charge is 0.492 e. The van der Waals surface area contributed by atoms with Crippen LogP contribution in [0.1, 0.15) is 46.3 Å². The first-order valence-electron chi connectivity index (χ1n) is 10.5. The van der Waals surface area contributed by atoms with E-state index in [1.807, 2.05) is 31.2 Å². The second-order valence-corrected chi connectivity index (χ2v) is 8.18. The number of aryl methyl sites for hydroxylation is 1. The maximum atomic E-state index is 11.9.